The lowest BCUT2D eigenvalue weighted by Gasteiger charge is -2.31. The van der Waals surface area contributed by atoms with Gasteiger partial charge in [0.25, 0.3) is 42.2 Å². The SMILES string of the molecule is CC1(CCCCS(=O)(=O)O)C(/C=C/C=C/C=C/C=C2\N(CCCS(=O)(=O)O)c3cc(I)c(I)c(I)c3C2(C)CCCCCC(=O)ON2C(=O)CCC2=O)=[N+](CCCCS(=O)(=O)O)c2ccc(S(=O)(=O)[O-])cc21. The molecular formula is C46H56I3N3O16S4. The number of halogens is 3. The van der Waals surface area contributed by atoms with Crippen LogP contribution in [-0.2, 0) is 70.5 Å². The number of hydrogen-bond acceptors (Lipinski definition) is 14. The summed E-state index contributed by atoms with van der Waals surface area (Å²) >= 11 is 6.90. The van der Waals surface area contributed by atoms with Gasteiger partial charge in [-0.2, -0.15) is 29.8 Å². The molecule has 0 saturated carbocycles. The summed E-state index contributed by atoms with van der Waals surface area (Å²) < 4.78 is 140. The number of nitrogens with zero attached hydrogens (tertiary/aromatic N) is 3. The molecule has 3 N–H and O–H groups in total. The summed E-state index contributed by atoms with van der Waals surface area (Å²) in [6, 6.07) is 6.03. The van der Waals surface area contributed by atoms with E-state index in [2.05, 4.69) is 85.7 Å². The first-order chi connectivity index (χ1) is 33.5. The standard InChI is InChI=1S/C46H56I3N3O16S4/c1-45(23-11-13-27-69(56,57)58)33-30-32(72(65,66)67)19-20-35(33)50(25-12-14-28-70(59,60)61)37(45)16-7-4-3-5-8-17-38-46(2,24-10-6-9-18-41(55)68-52-39(53)21-22-40(52)54)42-36(31-34(47)43(48)44(42)49)51(38)26-15-29-71(62,63)64/h3-5,7-8,16-17,19-20,30-31H,6,9-15,18,21-29H2,1-2H3,(H3-,56,57,58,59,60,61,62,63,64,65,66,67). The van der Waals surface area contributed by atoms with Gasteiger partial charge in [-0.3, -0.25) is 23.2 Å². The number of hydrogen-bond donors (Lipinski definition) is 3. The lowest BCUT2D eigenvalue weighted by molar-refractivity contribution is -0.438. The van der Waals surface area contributed by atoms with Crippen molar-refractivity contribution in [2.45, 2.75) is 113 Å². The van der Waals surface area contributed by atoms with Gasteiger partial charge >= 0.3 is 5.97 Å². The topological polar surface area (TPSA) is 290 Å². The van der Waals surface area contributed by atoms with E-state index in [0.717, 1.165) is 27.7 Å². The van der Waals surface area contributed by atoms with Crippen LogP contribution in [0.5, 0.6) is 0 Å². The molecule has 72 heavy (non-hydrogen) atoms. The van der Waals surface area contributed by atoms with E-state index in [1.54, 1.807) is 30.4 Å². The summed E-state index contributed by atoms with van der Waals surface area (Å²) in [4.78, 5) is 43.0. The molecule has 1 fully saturated rings. The minimum atomic E-state index is -4.89. The summed E-state index contributed by atoms with van der Waals surface area (Å²) in [5.74, 6) is -3.23. The first-order valence-electron chi connectivity index (χ1n) is 22.8. The zero-order chi connectivity index (χ0) is 53.5. The number of imide groups is 1. The molecule has 0 spiro atoms. The van der Waals surface area contributed by atoms with E-state index < -0.39 is 91.2 Å². The maximum atomic E-state index is 12.5. The van der Waals surface area contributed by atoms with Crippen LogP contribution in [0.2, 0.25) is 0 Å². The molecular weight excluding hydrogens is 1360 g/mol. The molecule has 0 radical (unpaired) electrons. The second kappa shape index (κ2) is 25.0. The second-order valence-corrected chi connectivity index (χ2v) is 27.4. The highest BCUT2D eigenvalue weighted by atomic mass is 127. The molecule has 2 aromatic carbocycles. The first kappa shape index (κ1) is 60.2. The van der Waals surface area contributed by atoms with Crippen molar-refractivity contribution in [2.24, 2.45) is 0 Å². The molecule has 2 aromatic rings. The van der Waals surface area contributed by atoms with Gasteiger partial charge in [0.2, 0.25) is 5.69 Å². The molecule has 3 heterocycles. The van der Waals surface area contributed by atoms with Crippen LogP contribution >= 0.6 is 67.8 Å². The van der Waals surface area contributed by atoms with E-state index in [4.69, 9.17) is 4.84 Å². The Morgan fingerprint density at radius 1 is 0.736 bits per heavy atom. The van der Waals surface area contributed by atoms with Gasteiger partial charge in [-0.25, -0.2) is 13.2 Å². The fourth-order valence-electron chi connectivity index (χ4n) is 9.27. The highest BCUT2D eigenvalue weighted by Gasteiger charge is 2.48. The largest absolute Gasteiger partial charge is 0.744 e. The minimum Gasteiger partial charge on any atom is -0.744 e. The zero-order valence-electron chi connectivity index (χ0n) is 39.3. The van der Waals surface area contributed by atoms with Crippen molar-refractivity contribution < 1.29 is 75.7 Å². The number of carbonyl (C=O) groups is 3. The van der Waals surface area contributed by atoms with Crippen molar-refractivity contribution >= 4 is 143 Å². The number of amides is 2. The third kappa shape index (κ3) is 15.9. The fourth-order valence-corrected chi connectivity index (χ4v) is 14.1. The monoisotopic (exact) mass is 1410 g/mol. The van der Waals surface area contributed by atoms with Gasteiger partial charge in [-0.15, -0.1) is 5.06 Å². The molecule has 5 rings (SSSR count). The summed E-state index contributed by atoms with van der Waals surface area (Å²) in [5, 5.41) is 0.531. The highest BCUT2D eigenvalue weighted by Crippen LogP contribution is 2.54. The van der Waals surface area contributed by atoms with E-state index >= 15 is 0 Å². The van der Waals surface area contributed by atoms with Crippen LogP contribution in [0.4, 0.5) is 11.4 Å². The quantitative estimate of drug-likeness (QED) is 0.0155. The number of benzene rings is 2. The Labute approximate surface area is 462 Å². The third-order valence-corrected chi connectivity index (χ3v) is 21.1. The molecule has 0 aromatic heterocycles. The van der Waals surface area contributed by atoms with Crippen molar-refractivity contribution in [3.8, 4) is 0 Å². The Balaban J connectivity index is 1.46. The average molecular weight is 1420 g/mol. The van der Waals surface area contributed by atoms with Crippen molar-refractivity contribution in [3.63, 3.8) is 0 Å². The van der Waals surface area contributed by atoms with E-state index in [1.807, 2.05) is 23.7 Å². The van der Waals surface area contributed by atoms with E-state index in [0.29, 0.717) is 47.7 Å². The number of rotatable bonds is 26. The van der Waals surface area contributed by atoms with Gasteiger partial charge in [0.15, 0.2) is 5.71 Å². The number of unbranched alkanes of at least 4 members (excludes halogenated alkanes) is 4. The van der Waals surface area contributed by atoms with E-state index in [9.17, 15) is 66.3 Å². The molecule has 1 saturated heterocycles. The van der Waals surface area contributed by atoms with Crippen molar-refractivity contribution in [1.82, 2.24) is 5.06 Å². The number of hydroxylamine groups is 2. The molecule has 2 amide bonds. The highest BCUT2D eigenvalue weighted by molar-refractivity contribution is 14.1. The molecule has 0 bridgehead atoms. The molecule has 19 nitrogen and oxygen atoms in total. The molecule has 2 unspecified atom stereocenters. The number of anilines is 1. The van der Waals surface area contributed by atoms with Crippen molar-refractivity contribution in [1.29, 1.82) is 0 Å². The summed E-state index contributed by atoms with van der Waals surface area (Å²) in [6.45, 7) is 4.43. The number of allylic oxidation sites excluding steroid dienone is 8. The van der Waals surface area contributed by atoms with Crippen LogP contribution in [0.3, 0.4) is 0 Å². The summed E-state index contributed by atoms with van der Waals surface area (Å²) in [6.07, 6.45) is 16.0. The van der Waals surface area contributed by atoms with Crippen molar-refractivity contribution in [2.75, 3.05) is 35.2 Å². The Bertz CT molecular complexity index is 3050. The van der Waals surface area contributed by atoms with Gasteiger partial charge in [0.05, 0.1) is 27.6 Å². The van der Waals surface area contributed by atoms with Crippen molar-refractivity contribution in [3.05, 3.63) is 94.3 Å². The van der Waals surface area contributed by atoms with Crippen LogP contribution in [0.1, 0.15) is 108 Å². The second-order valence-electron chi connectivity index (χ2n) is 18.0. The molecule has 26 heteroatoms. The average Bonchev–Trinajstić information content (AvgIpc) is 3.79. The third-order valence-electron chi connectivity index (χ3n) is 12.7. The molecule has 3 aliphatic heterocycles. The Morgan fingerprint density at radius 3 is 1.93 bits per heavy atom. The Hall–Kier alpha value is -2.69. The fraction of sp³-hybridized carbons (Fsp3) is 0.478. The number of fused-ring (bicyclic) bond motifs is 2. The zero-order valence-corrected chi connectivity index (χ0v) is 49.1. The predicted octanol–water partition coefficient (Wildman–Crippen LogP) is 7.65. The van der Waals surface area contributed by atoms with Gasteiger partial charge in [0, 0.05) is 83.0 Å². The van der Waals surface area contributed by atoms with Gasteiger partial charge < -0.3 is 14.3 Å². The maximum absolute atomic E-state index is 12.5. The Morgan fingerprint density at radius 2 is 1.31 bits per heavy atom. The van der Waals surface area contributed by atoms with Crippen LogP contribution < -0.4 is 4.90 Å². The van der Waals surface area contributed by atoms with E-state index in [-0.39, 0.29) is 70.9 Å². The predicted molar refractivity (Wildman–Crippen MR) is 294 cm³/mol. The molecule has 2 atom stereocenters. The van der Waals surface area contributed by atoms with Crippen LogP contribution in [0.15, 0.2) is 77.4 Å². The smallest absolute Gasteiger partial charge is 0.333 e. The molecule has 396 valence electrons. The van der Waals surface area contributed by atoms with Gasteiger partial charge in [0.1, 0.15) is 16.7 Å². The van der Waals surface area contributed by atoms with E-state index in [1.165, 1.54) is 18.2 Å². The minimum absolute atomic E-state index is 0.00376. The van der Waals surface area contributed by atoms with Crippen LogP contribution in [0, 0.1) is 10.7 Å². The lowest BCUT2D eigenvalue weighted by Crippen LogP contribution is -2.32. The Kier molecular flexibility index (Phi) is 20.9. The maximum Gasteiger partial charge on any atom is 0.333 e. The summed E-state index contributed by atoms with van der Waals surface area (Å²) in [7, 11) is -17.7. The molecule has 0 aliphatic carbocycles. The van der Waals surface area contributed by atoms with Gasteiger partial charge in [-0.05, 0) is 144 Å². The first-order valence-corrected chi connectivity index (χ1v) is 32.3. The van der Waals surface area contributed by atoms with Crippen LogP contribution in [-0.4, -0.2) is 115 Å². The summed E-state index contributed by atoms with van der Waals surface area (Å²) in [5.41, 5.74) is 2.86. The molecule has 3 aliphatic rings. The van der Waals surface area contributed by atoms with Crippen LogP contribution in [0.25, 0.3) is 0 Å². The van der Waals surface area contributed by atoms with Gasteiger partial charge in [-0.1, -0.05) is 49.6 Å². The number of carbonyl (C=O) groups excluding carboxylic acids is 3. The lowest BCUT2D eigenvalue weighted by atomic mass is 9.75. The normalized spacial score (nSPS) is 20.4.